The SMILES string of the molecule is CCc1ccc(Cc2ccc(CC)c(Cc3cc(C)ccc3Cc3ccc(Cc4ccccc4)c(CC)c3)c2)cc1. The molecule has 5 aromatic carbocycles. The van der Waals surface area contributed by atoms with E-state index < -0.39 is 0 Å². The van der Waals surface area contributed by atoms with Crippen LogP contribution < -0.4 is 0 Å². The van der Waals surface area contributed by atoms with Crippen molar-refractivity contribution < 1.29 is 0 Å². The highest BCUT2D eigenvalue weighted by Crippen LogP contribution is 2.25. The summed E-state index contributed by atoms with van der Waals surface area (Å²) in [4.78, 5) is 0. The van der Waals surface area contributed by atoms with Crippen LogP contribution in [0.15, 0.2) is 109 Å². The minimum Gasteiger partial charge on any atom is -0.0622 e. The number of rotatable bonds is 11. The van der Waals surface area contributed by atoms with Crippen LogP contribution in [0.4, 0.5) is 0 Å². The summed E-state index contributed by atoms with van der Waals surface area (Å²) in [6.07, 6.45) is 7.14. The molecule has 0 spiro atoms. The van der Waals surface area contributed by atoms with Crippen molar-refractivity contribution >= 4 is 0 Å². The summed E-state index contributed by atoms with van der Waals surface area (Å²) in [5.74, 6) is 0. The maximum absolute atomic E-state index is 2.46. The Morgan fingerprint density at radius 2 is 0.854 bits per heavy atom. The van der Waals surface area contributed by atoms with E-state index in [1.54, 1.807) is 0 Å². The van der Waals surface area contributed by atoms with E-state index in [9.17, 15) is 0 Å². The first-order chi connectivity index (χ1) is 20.0. The van der Waals surface area contributed by atoms with Gasteiger partial charge in [0.15, 0.2) is 0 Å². The van der Waals surface area contributed by atoms with Crippen LogP contribution in [-0.2, 0) is 44.9 Å². The molecule has 0 heteroatoms. The second-order valence-corrected chi connectivity index (χ2v) is 11.5. The minimum atomic E-state index is 0.971. The number of benzene rings is 5. The van der Waals surface area contributed by atoms with Crippen LogP contribution in [0.25, 0.3) is 0 Å². The van der Waals surface area contributed by atoms with E-state index in [2.05, 4.69) is 137 Å². The molecule has 5 rings (SSSR count). The van der Waals surface area contributed by atoms with Crippen LogP contribution >= 0.6 is 0 Å². The lowest BCUT2D eigenvalue weighted by molar-refractivity contribution is 1.01. The molecule has 208 valence electrons. The Hall–Kier alpha value is -3.90. The molecule has 0 radical (unpaired) electrons. The lowest BCUT2D eigenvalue weighted by Crippen LogP contribution is -2.03. The molecular formula is C41H44. The molecule has 5 aromatic rings. The lowest BCUT2D eigenvalue weighted by Gasteiger charge is -2.16. The predicted molar refractivity (Wildman–Crippen MR) is 176 cm³/mol. The Kier molecular flexibility index (Phi) is 9.52. The summed E-state index contributed by atoms with van der Waals surface area (Å²) in [6.45, 7) is 9.00. The van der Waals surface area contributed by atoms with Crippen molar-refractivity contribution in [1.29, 1.82) is 0 Å². The first-order valence-electron chi connectivity index (χ1n) is 15.5. The van der Waals surface area contributed by atoms with Gasteiger partial charge in [-0.25, -0.2) is 0 Å². The molecule has 0 bridgehead atoms. The molecule has 0 aromatic heterocycles. The molecular weight excluding hydrogens is 492 g/mol. The molecule has 41 heavy (non-hydrogen) atoms. The van der Waals surface area contributed by atoms with Crippen molar-refractivity contribution in [2.45, 2.75) is 72.6 Å². The van der Waals surface area contributed by atoms with Gasteiger partial charge in [0, 0.05) is 0 Å². The van der Waals surface area contributed by atoms with E-state index in [4.69, 9.17) is 0 Å². The third kappa shape index (κ3) is 7.44. The van der Waals surface area contributed by atoms with Gasteiger partial charge >= 0.3 is 0 Å². The molecule has 0 nitrogen and oxygen atoms in total. The normalized spacial score (nSPS) is 11.1. The first-order valence-corrected chi connectivity index (χ1v) is 15.5. The number of hydrogen-bond acceptors (Lipinski definition) is 0. The standard InChI is InChI=1S/C41H44/c1-5-31-14-16-33(17-15-31)24-34-18-21-36(6-2)41(28-34)29-40-23-30(4)13-20-39(40)27-35-19-22-38(37(7-3)26-35)25-32-11-9-8-10-12-32/h8-23,26,28H,5-7,24-25,27,29H2,1-4H3. The molecule has 0 heterocycles. The molecule has 0 aliphatic carbocycles. The molecule has 0 saturated heterocycles. The third-order valence-corrected chi connectivity index (χ3v) is 8.52. The molecule has 0 fully saturated rings. The Bertz CT molecular complexity index is 1570. The summed E-state index contributed by atoms with van der Waals surface area (Å²) < 4.78 is 0. The smallest absolute Gasteiger partial charge is 0.00200 e. The molecule has 0 atom stereocenters. The summed E-state index contributed by atoms with van der Waals surface area (Å²) in [6, 6.07) is 41.3. The zero-order chi connectivity index (χ0) is 28.6. The Labute approximate surface area is 248 Å². The minimum absolute atomic E-state index is 0.971. The first kappa shape index (κ1) is 28.6. The fourth-order valence-corrected chi connectivity index (χ4v) is 6.05. The summed E-state index contributed by atoms with van der Waals surface area (Å²) in [7, 11) is 0. The van der Waals surface area contributed by atoms with Gasteiger partial charge in [-0.3, -0.25) is 0 Å². The van der Waals surface area contributed by atoms with E-state index in [1.807, 2.05) is 0 Å². The zero-order valence-electron chi connectivity index (χ0n) is 25.3. The van der Waals surface area contributed by atoms with E-state index in [0.29, 0.717) is 0 Å². The Balaban J connectivity index is 1.39. The van der Waals surface area contributed by atoms with Crippen molar-refractivity contribution in [3.63, 3.8) is 0 Å². The Morgan fingerprint density at radius 1 is 0.341 bits per heavy atom. The van der Waals surface area contributed by atoms with Crippen LogP contribution in [-0.4, -0.2) is 0 Å². The summed E-state index contributed by atoms with van der Waals surface area (Å²) >= 11 is 0. The number of aryl methyl sites for hydroxylation is 4. The average Bonchev–Trinajstić information content (AvgIpc) is 3.00. The molecule has 0 unspecified atom stereocenters. The van der Waals surface area contributed by atoms with Gasteiger partial charge in [0.05, 0.1) is 0 Å². The van der Waals surface area contributed by atoms with Gasteiger partial charge in [-0.2, -0.15) is 0 Å². The van der Waals surface area contributed by atoms with E-state index >= 15 is 0 Å². The third-order valence-electron chi connectivity index (χ3n) is 8.52. The monoisotopic (exact) mass is 536 g/mol. The van der Waals surface area contributed by atoms with Crippen molar-refractivity contribution in [2.75, 3.05) is 0 Å². The summed E-state index contributed by atoms with van der Waals surface area (Å²) in [5.41, 5.74) is 17.0. The van der Waals surface area contributed by atoms with Gasteiger partial charge in [-0.15, -0.1) is 0 Å². The van der Waals surface area contributed by atoms with Crippen molar-refractivity contribution in [3.05, 3.63) is 176 Å². The van der Waals surface area contributed by atoms with Gasteiger partial charge in [0.2, 0.25) is 0 Å². The van der Waals surface area contributed by atoms with Crippen molar-refractivity contribution in [1.82, 2.24) is 0 Å². The molecule has 0 aliphatic heterocycles. The van der Waals surface area contributed by atoms with Crippen molar-refractivity contribution in [2.24, 2.45) is 0 Å². The maximum atomic E-state index is 2.46. The largest absolute Gasteiger partial charge is 0.0622 e. The van der Waals surface area contributed by atoms with E-state index in [-0.39, 0.29) is 0 Å². The second-order valence-electron chi connectivity index (χ2n) is 11.5. The quantitative estimate of drug-likeness (QED) is 0.157. The van der Waals surface area contributed by atoms with E-state index in [0.717, 1.165) is 44.9 Å². The average molecular weight is 537 g/mol. The van der Waals surface area contributed by atoms with Gasteiger partial charge in [-0.05, 0) is 113 Å². The number of hydrogen-bond donors (Lipinski definition) is 0. The fraction of sp³-hybridized carbons (Fsp3) is 0.268. The molecule has 0 N–H and O–H groups in total. The van der Waals surface area contributed by atoms with Crippen LogP contribution in [0.2, 0.25) is 0 Å². The fourth-order valence-electron chi connectivity index (χ4n) is 6.05. The zero-order valence-corrected chi connectivity index (χ0v) is 25.3. The highest BCUT2D eigenvalue weighted by molar-refractivity contribution is 5.44. The second kappa shape index (κ2) is 13.6. The Morgan fingerprint density at radius 3 is 1.56 bits per heavy atom. The molecule has 0 aliphatic rings. The van der Waals surface area contributed by atoms with Gasteiger partial charge < -0.3 is 0 Å². The molecule has 0 saturated carbocycles. The van der Waals surface area contributed by atoms with Crippen molar-refractivity contribution in [3.8, 4) is 0 Å². The van der Waals surface area contributed by atoms with Gasteiger partial charge in [-0.1, -0.05) is 136 Å². The van der Waals surface area contributed by atoms with Crippen LogP contribution in [0.3, 0.4) is 0 Å². The maximum Gasteiger partial charge on any atom is -0.00200 e. The van der Waals surface area contributed by atoms with Crippen LogP contribution in [0, 0.1) is 6.92 Å². The van der Waals surface area contributed by atoms with E-state index in [1.165, 1.54) is 66.8 Å². The highest BCUT2D eigenvalue weighted by atomic mass is 14.2. The topological polar surface area (TPSA) is 0 Å². The molecule has 0 amide bonds. The highest BCUT2D eigenvalue weighted by Gasteiger charge is 2.11. The summed E-state index contributed by atoms with van der Waals surface area (Å²) in [5, 5.41) is 0. The van der Waals surface area contributed by atoms with Gasteiger partial charge in [0.25, 0.3) is 0 Å². The van der Waals surface area contributed by atoms with Crippen LogP contribution in [0.5, 0.6) is 0 Å². The van der Waals surface area contributed by atoms with Crippen LogP contribution in [0.1, 0.15) is 87.5 Å². The van der Waals surface area contributed by atoms with Gasteiger partial charge in [0.1, 0.15) is 0 Å². The lowest BCUT2D eigenvalue weighted by atomic mass is 9.89. The predicted octanol–water partition coefficient (Wildman–Crippen LogP) is 10.0.